The monoisotopic (exact) mass is 300 g/mol. The Balaban J connectivity index is 2.35. The first kappa shape index (κ1) is 15.0. The fourth-order valence-corrected chi connectivity index (χ4v) is 2.18. The molecule has 0 atom stereocenters. The number of nitrogens with two attached hydrogens (primary N) is 1. The van der Waals surface area contributed by atoms with E-state index in [0.29, 0.717) is 21.8 Å². The third-order valence-corrected chi connectivity index (χ3v) is 3.50. The van der Waals surface area contributed by atoms with Crippen LogP contribution < -0.4 is 10.6 Å². The molecule has 0 spiro atoms. The van der Waals surface area contributed by atoms with E-state index >= 15 is 0 Å². The minimum Gasteiger partial charge on any atom is -0.508 e. The highest BCUT2D eigenvalue weighted by Gasteiger charge is 2.16. The molecule has 2 aromatic carbocycles. The molecule has 4 nitrogen and oxygen atoms in total. The summed E-state index contributed by atoms with van der Waals surface area (Å²) in [5.74, 6) is -0.0187. The zero-order chi connectivity index (χ0) is 15.6. The van der Waals surface area contributed by atoms with Gasteiger partial charge in [0.1, 0.15) is 10.7 Å². The van der Waals surface area contributed by atoms with Gasteiger partial charge in [0, 0.05) is 23.9 Å². The smallest absolute Gasteiger partial charge is 0.258 e. The van der Waals surface area contributed by atoms with E-state index in [1.165, 1.54) is 11.0 Å². The Morgan fingerprint density at radius 3 is 2.57 bits per heavy atom. The molecule has 21 heavy (non-hydrogen) atoms. The number of hydrogen-bond acceptors (Lipinski definition) is 3. The SMILES string of the molecule is Cc1cc(O)ccc1C(=O)N(C)c1cccc(C(N)=S)c1. The van der Waals surface area contributed by atoms with Crippen molar-refractivity contribution in [1.29, 1.82) is 0 Å². The fourth-order valence-electron chi connectivity index (χ4n) is 2.05. The van der Waals surface area contributed by atoms with E-state index in [1.54, 1.807) is 44.3 Å². The lowest BCUT2D eigenvalue weighted by Gasteiger charge is -2.19. The molecule has 0 unspecified atom stereocenters. The molecule has 0 aliphatic rings. The molecule has 0 fully saturated rings. The lowest BCUT2D eigenvalue weighted by Crippen LogP contribution is -2.27. The number of benzene rings is 2. The van der Waals surface area contributed by atoms with Crippen LogP contribution in [0.3, 0.4) is 0 Å². The maximum Gasteiger partial charge on any atom is 0.258 e. The van der Waals surface area contributed by atoms with E-state index < -0.39 is 0 Å². The number of aromatic hydroxyl groups is 1. The lowest BCUT2D eigenvalue weighted by molar-refractivity contribution is 0.0992. The number of thiocarbonyl (C=S) groups is 1. The average Bonchev–Trinajstić information content (AvgIpc) is 2.46. The van der Waals surface area contributed by atoms with Gasteiger partial charge in [0.2, 0.25) is 0 Å². The number of anilines is 1. The van der Waals surface area contributed by atoms with Crippen molar-refractivity contribution >= 4 is 28.8 Å². The molecule has 0 bridgehead atoms. The van der Waals surface area contributed by atoms with Crippen LogP contribution in [0.2, 0.25) is 0 Å². The fraction of sp³-hybridized carbons (Fsp3) is 0.125. The second kappa shape index (κ2) is 5.93. The van der Waals surface area contributed by atoms with E-state index in [0.717, 1.165) is 5.56 Å². The first-order valence-corrected chi connectivity index (χ1v) is 6.78. The van der Waals surface area contributed by atoms with Crippen LogP contribution in [0.1, 0.15) is 21.5 Å². The maximum atomic E-state index is 12.5. The Hall–Kier alpha value is -2.40. The predicted molar refractivity (Wildman–Crippen MR) is 87.9 cm³/mol. The zero-order valence-electron chi connectivity index (χ0n) is 11.8. The van der Waals surface area contributed by atoms with Crippen molar-refractivity contribution in [2.24, 2.45) is 5.73 Å². The van der Waals surface area contributed by atoms with Crippen LogP contribution in [0.15, 0.2) is 42.5 Å². The zero-order valence-corrected chi connectivity index (χ0v) is 12.6. The lowest BCUT2D eigenvalue weighted by atomic mass is 10.1. The van der Waals surface area contributed by atoms with Gasteiger partial charge < -0.3 is 15.7 Å². The third kappa shape index (κ3) is 3.20. The molecule has 0 aromatic heterocycles. The standard InChI is InChI=1S/C16H16N2O2S/c1-10-8-13(19)6-7-14(10)16(20)18(2)12-5-3-4-11(9-12)15(17)21/h3-9,19H,1-2H3,(H2,17,21). The van der Waals surface area contributed by atoms with E-state index in [-0.39, 0.29) is 11.7 Å². The molecule has 5 heteroatoms. The number of aryl methyl sites for hydroxylation is 1. The first-order chi connectivity index (χ1) is 9.90. The normalized spacial score (nSPS) is 10.2. The molecule has 1 amide bonds. The van der Waals surface area contributed by atoms with Crippen LogP contribution in [-0.2, 0) is 0 Å². The molecule has 0 aliphatic heterocycles. The highest BCUT2D eigenvalue weighted by atomic mass is 32.1. The molecule has 0 saturated heterocycles. The summed E-state index contributed by atoms with van der Waals surface area (Å²) in [6, 6.07) is 11.9. The minimum atomic E-state index is -0.160. The molecule has 0 saturated carbocycles. The molecule has 2 aromatic rings. The van der Waals surface area contributed by atoms with Crippen molar-refractivity contribution in [1.82, 2.24) is 0 Å². The topological polar surface area (TPSA) is 66.6 Å². The molecule has 2 rings (SSSR count). The van der Waals surface area contributed by atoms with E-state index in [1.807, 2.05) is 6.07 Å². The van der Waals surface area contributed by atoms with Crippen LogP contribution >= 0.6 is 12.2 Å². The largest absolute Gasteiger partial charge is 0.508 e. The summed E-state index contributed by atoms with van der Waals surface area (Å²) in [6.07, 6.45) is 0. The van der Waals surface area contributed by atoms with Crippen LogP contribution in [0, 0.1) is 6.92 Å². The van der Waals surface area contributed by atoms with Crippen LogP contribution in [0.25, 0.3) is 0 Å². The number of nitrogens with zero attached hydrogens (tertiary/aromatic N) is 1. The quantitative estimate of drug-likeness (QED) is 0.855. The predicted octanol–water partition coefficient (Wildman–Crippen LogP) is 2.61. The van der Waals surface area contributed by atoms with Gasteiger partial charge in [-0.05, 0) is 42.8 Å². The summed E-state index contributed by atoms with van der Waals surface area (Å²) in [7, 11) is 1.69. The van der Waals surface area contributed by atoms with Crippen molar-refractivity contribution in [2.75, 3.05) is 11.9 Å². The number of phenolic OH excluding ortho intramolecular Hbond substituents is 1. The highest BCUT2D eigenvalue weighted by molar-refractivity contribution is 7.80. The molecule has 0 aliphatic carbocycles. The van der Waals surface area contributed by atoms with Gasteiger partial charge in [-0.15, -0.1) is 0 Å². The average molecular weight is 300 g/mol. The summed E-state index contributed by atoms with van der Waals surface area (Å²) in [5.41, 5.74) is 8.29. The van der Waals surface area contributed by atoms with E-state index in [2.05, 4.69) is 0 Å². The highest BCUT2D eigenvalue weighted by Crippen LogP contribution is 2.21. The van der Waals surface area contributed by atoms with Gasteiger partial charge in [0.05, 0.1) is 0 Å². The summed E-state index contributed by atoms with van der Waals surface area (Å²) in [5, 5.41) is 9.42. The van der Waals surface area contributed by atoms with Gasteiger partial charge in [-0.3, -0.25) is 4.79 Å². The molecular formula is C16H16N2O2S. The molecule has 3 N–H and O–H groups in total. The van der Waals surface area contributed by atoms with Crippen molar-refractivity contribution in [3.05, 3.63) is 59.2 Å². The number of phenols is 1. The number of rotatable bonds is 3. The molecule has 0 heterocycles. The second-order valence-electron chi connectivity index (χ2n) is 4.78. The number of amides is 1. The first-order valence-electron chi connectivity index (χ1n) is 6.37. The number of carbonyl (C=O) groups excluding carboxylic acids is 1. The summed E-state index contributed by atoms with van der Waals surface area (Å²) < 4.78 is 0. The van der Waals surface area contributed by atoms with Crippen LogP contribution in [0.5, 0.6) is 5.75 Å². The summed E-state index contributed by atoms with van der Waals surface area (Å²) in [6.45, 7) is 1.78. The minimum absolute atomic E-state index is 0.141. The van der Waals surface area contributed by atoms with Crippen LogP contribution in [0.4, 0.5) is 5.69 Å². The summed E-state index contributed by atoms with van der Waals surface area (Å²) in [4.78, 5) is 14.4. The van der Waals surface area contributed by atoms with Gasteiger partial charge >= 0.3 is 0 Å². The van der Waals surface area contributed by atoms with Gasteiger partial charge in [-0.1, -0.05) is 24.4 Å². The Morgan fingerprint density at radius 1 is 1.24 bits per heavy atom. The molecular weight excluding hydrogens is 284 g/mol. The Labute approximate surface area is 128 Å². The van der Waals surface area contributed by atoms with Gasteiger partial charge in [0.25, 0.3) is 5.91 Å². The van der Waals surface area contributed by atoms with Gasteiger partial charge in [-0.2, -0.15) is 0 Å². The van der Waals surface area contributed by atoms with Gasteiger partial charge in [-0.25, -0.2) is 0 Å². The van der Waals surface area contributed by atoms with Crippen molar-refractivity contribution in [2.45, 2.75) is 6.92 Å². The molecule has 0 radical (unpaired) electrons. The Morgan fingerprint density at radius 2 is 1.95 bits per heavy atom. The number of hydrogen-bond donors (Lipinski definition) is 2. The van der Waals surface area contributed by atoms with E-state index in [9.17, 15) is 9.90 Å². The third-order valence-electron chi connectivity index (χ3n) is 3.26. The van der Waals surface area contributed by atoms with E-state index in [4.69, 9.17) is 18.0 Å². The Bertz CT molecular complexity index is 713. The van der Waals surface area contributed by atoms with Crippen molar-refractivity contribution in [3.8, 4) is 5.75 Å². The molecule has 108 valence electrons. The van der Waals surface area contributed by atoms with Gasteiger partial charge in [0.15, 0.2) is 0 Å². The van der Waals surface area contributed by atoms with Crippen molar-refractivity contribution in [3.63, 3.8) is 0 Å². The van der Waals surface area contributed by atoms with Crippen molar-refractivity contribution < 1.29 is 9.90 Å². The Kier molecular flexibility index (Phi) is 4.23. The maximum absolute atomic E-state index is 12.5. The van der Waals surface area contributed by atoms with Crippen LogP contribution in [-0.4, -0.2) is 23.0 Å². The summed E-state index contributed by atoms with van der Waals surface area (Å²) >= 11 is 4.95. The number of carbonyl (C=O) groups is 1. The second-order valence-corrected chi connectivity index (χ2v) is 5.22.